The van der Waals surface area contributed by atoms with Crippen LogP contribution in [0.1, 0.15) is 34.0 Å². The summed E-state index contributed by atoms with van der Waals surface area (Å²) < 4.78 is 16.9. The molecule has 0 aromatic heterocycles. The van der Waals surface area contributed by atoms with Gasteiger partial charge in [-0.25, -0.2) is 4.79 Å². The minimum atomic E-state index is -0.408. The molecular formula is C28H25NO5S2. The third-order valence-electron chi connectivity index (χ3n) is 5.43. The van der Waals surface area contributed by atoms with Crippen LogP contribution in [0.25, 0.3) is 6.08 Å². The van der Waals surface area contributed by atoms with Gasteiger partial charge in [0.25, 0.3) is 5.91 Å². The minimum absolute atomic E-state index is 0.229. The maximum absolute atomic E-state index is 13.1. The number of carbonyl (C=O) groups is 2. The number of amides is 1. The van der Waals surface area contributed by atoms with Crippen LogP contribution in [0.5, 0.6) is 11.5 Å². The van der Waals surface area contributed by atoms with Crippen LogP contribution in [-0.2, 0) is 16.1 Å². The second kappa shape index (κ2) is 11.4. The topological polar surface area (TPSA) is 65.1 Å². The van der Waals surface area contributed by atoms with E-state index in [4.69, 9.17) is 26.4 Å². The van der Waals surface area contributed by atoms with Crippen molar-refractivity contribution in [3.05, 3.63) is 93.9 Å². The van der Waals surface area contributed by atoms with Gasteiger partial charge in [-0.1, -0.05) is 59.9 Å². The van der Waals surface area contributed by atoms with Crippen LogP contribution in [0.15, 0.2) is 71.6 Å². The van der Waals surface area contributed by atoms with Gasteiger partial charge in [0.05, 0.1) is 29.9 Å². The summed E-state index contributed by atoms with van der Waals surface area (Å²) in [5, 5.41) is 0. The Labute approximate surface area is 219 Å². The van der Waals surface area contributed by atoms with Crippen molar-refractivity contribution in [3.63, 3.8) is 0 Å². The number of nitrogens with zero attached hydrogens (tertiary/aromatic N) is 1. The molecule has 4 rings (SSSR count). The molecule has 0 bridgehead atoms. The maximum atomic E-state index is 13.1. The highest BCUT2D eigenvalue weighted by atomic mass is 32.2. The molecule has 0 N–H and O–H groups in total. The van der Waals surface area contributed by atoms with Crippen molar-refractivity contribution in [2.45, 2.75) is 20.5 Å². The summed E-state index contributed by atoms with van der Waals surface area (Å²) in [5.41, 5.74) is 4.04. The van der Waals surface area contributed by atoms with E-state index >= 15 is 0 Å². The molecule has 1 aliphatic rings. The zero-order valence-corrected chi connectivity index (χ0v) is 21.8. The van der Waals surface area contributed by atoms with E-state index in [9.17, 15) is 9.59 Å². The fourth-order valence-electron chi connectivity index (χ4n) is 3.54. The predicted octanol–water partition coefficient (Wildman–Crippen LogP) is 6.17. The molecule has 0 atom stereocenters. The number of rotatable bonds is 8. The SMILES string of the molecule is CCOC(=O)c1ccc(N2C(=O)/C(=C/c3ccc(OCc4ccc(C)cc4)c(OC)c3)SC2=S)cc1. The largest absolute Gasteiger partial charge is 0.493 e. The van der Waals surface area contributed by atoms with Crippen molar-refractivity contribution < 1.29 is 23.8 Å². The highest BCUT2D eigenvalue weighted by Crippen LogP contribution is 2.37. The number of hydrogen-bond acceptors (Lipinski definition) is 7. The van der Waals surface area contributed by atoms with E-state index in [1.165, 1.54) is 22.2 Å². The second-order valence-electron chi connectivity index (χ2n) is 7.97. The van der Waals surface area contributed by atoms with E-state index in [1.807, 2.05) is 49.4 Å². The highest BCUT2D eigenvalue weighted by Gasteiger charge is 2.33. The fraction of sp³-hybridized carbons (Fsp3) is 0.179. The fourth-order valence-corrected chi connectivity index (χ4v) is 4.84. The Morgan fingerprint density at radius 2 is 1.75 bits per heavy atom. The van der Waals surface area contributed by atoms with Gasteiger partial charge in [-0.2, -0.15) is 0 Å². The van der Waals surface area contributed by atoms with Gasteiger partial charge < -0.3 is 14.2 Å². The van der Waals surface area contributed by atoms with Crippen molar-refractivity contribution >= 4 is 51.9 Å². The van der Waals surface area contributed by atoms with Crippen LogP contribution >= 0.6 is 24.0 Å². The van der Waals surface area contributed by atoms with E-state index in [-0.39, 0.29) is 5.91 Å². The first-order valence-corrected chi connectivity index (χ1v) is 12.5. The predicted molar refractivity (Wildman–Crippen MR) is 147 cm³/mol. The number of esters is 1. The number of carbonyl (C=O) groups excluding carboxylic acids is 2. The van der Waals surface area contributed by atoms with Crippen molar-refractivity contribution in [1.82, 2.24) is 0 Å². The Morgan fingerprint density at radius 3 is 2.42 bits per heavy atom. The molecule has 0 unspecified atom stereocenters. The Hall–Kier alpha value is -3.62. The van der Waals surface area contributed by atoms with E-state index in [0.29, 0.717) is 45.2 Å². The Bertz CT molecular complexity index is 1320. The molecule has 6 nitrogen and oxygen atoms in total. The molecule has 1 aliphatic heterocycles. The Kier molecular flexibility index (Phi) is 8.07. The molecule has 0 aliphatic carbocycles. The van der Waals surface area contributed by atoms with Crippen molar-refractivity contribution in [3.8, 4) is 11.5 Å². The van der Waals surface area contributed by atoms with Crippen molar-refractivity contribution in [1.29, 1.82) is 0 Å². The molecule has 184 valence electrons. The molecule has 1 saturated heterocycles. The lowest BCUT2D eigenvalue weighted by Gasteiger charge is -2.14. The van der Waals surface area contributed by atoms with Crippen LogP contribution in [0, 0.1) is 6.92 Å². The monoisotopic (exact) mass is 519 g/mol. The summed E-state index contributed by atoms with van der Waals surface area (Å²) in [6, 6.07) is 20.3. The lowest BCUT2D eigenvalue weighted by Crippen LogP contribution is -2.27. The molecule has 1 heterocycles. The number of thiocarbonyl (C=S) groups is 1. The summed E-state index contributed by atoms with van der Waals surface area (Å²) >= 11 is 6.69. The molecule has 8 heteroatoms. The van der Waals surface area contributed by atoms with Gasteiger partial charge in [-0.3, -0.25) is 9.69 Å². The Balaban J connectivity index is 1.49. The normalized spacial score (nSPS) is 14.3. The lowest BCUT2D eigenvalue weighted by molar-refractivity contribution is -0.113. The summed E-state index contributed by atoms with van der Waals surface area (Å²) in [6.45, 7) is 4.51. The molecule has 0 spiro atoms. The lowest BCUT2D eigenvalue weighted by atomic mass is 10.1. The van der Waals surface area contributed by atoms with E-state index < -0.39 is 5.97 Å². The van der Waals surface area contributed by atoms with Gasteiger partial charge in [-0.05, 0) is 67.4 Å². The Morgan fingerprint density at radius 1 is 1.03 bits per heavy atom. The summed E-state index contributed by atoms with van der Waals surface area (Å²) in [6.07, 6.45) is 1.78. The molecule has 0 saturated carbocycles. The molecule has 3 aromatic rings. The van der Waals surface area contributed by atoms with Crippen LogP contribution in [0.3, 0.4) is 0 Å². The number of ether oxygens (including phenoxy) is 3. The number of methoxy groups -OCH3 is 1. The van der Waals surface area contributed by atoms with E-state index in [2.05, 4.69) is 0 Å². The van der Waals surface area contributed by atoms with E-state index in [1.54, 1.807) is 44.4 Å². The van der Waals surface area contributed by atoms with Gasteiger partial charge >= 0.3 is 5.97 Å². The van der Waals surface area contributed by atoms with Crippen molar-refractivity contribution in [2.24, 2.45) is 0 Å². The number of benzene rings is 3. The summed E-state index contributed by atoms with van der Waals surface area (Å²) in [7, 11) is 1.58. The third-order valence-corrected chi connectivity index (χ3v) is 6.73. The summed E-state index contributed by atoms with van der Waals surface area (Å²) in [5.74, 6) is 0.549. The number of anilines is 1. The van der Waals surface area contributed by atoms with Gasteiger partial charge in [0.15, 0.2) is 15.8 Å². The first kappa shape index (κ1) is 25.5. The van der Waals surface area contributed by atoms with Crippen molar-refractivity contribution in [2.75, 3.05) is 18.6 Å². The molecule has 1 amide bonds. The third kappa shape index (κ3) is 5.78. The zero-order valence-electron chi connectivity index (χ0n) is 20.1. The first-order chi connectivity index (χ1) is 17.4. The second-order valence-corrected chi connectivity index (χ2v) is 9.64. The van der Waals surface area contributed by atoms with E-state index in [0.717, 1.165) is 11.1 Å². The highest BCUT2D eigenvalue weighted by molar-refractivity contribution is 8.27. The van der Waals surface area contributed by atoms with Crippen LogP contribution in [-0.4, -0.2) is 29.9 Å². The van der Waals surface area contributed by atoms with Gasteiger partial charge in [0, 0.05) is 0 Å². The molecule has 3 aromatic carbocycles. The molecule has 0 radical (unpaired) electrons. The van der Waals surface area contributed by atoms with Crippen LogP contribution < -0.4 is 14.4 Å². The molecule has 1 fully saturated rings. The first-order valence-electron chi connectivity index (χ1n) is 11.3. The zero-order chi connectivity index (χ0) is 25.7. The summed E-state index contributed by atoms with van der Waals surface area (Å²) in [4.78, 5) is 27.0. The number of aryl methyl sites for hydroxylation is 1. The van der Waals surface area contributed by atoms with Gasteiger partial charge in [0.1, 0.15) is 6.61 Å². The maximum Gasteiger partial charge on any atom is 0.338 e. The standard InChI is InChI=1S/C28H25NO5S2/c1-4-33-27(31)21-10-12-22(13-11-21)29-26(30)25(36-28(29)35)16-20-9-14-23(24(15-20)32-3)34-17-19-7-5-18(2)6-8-19/h5-16H,4,17H2,1-3H3/b25-16-. The number of hydrogen-bond donors (Lipinski definition) is 0. The van der Waals surface area contributed by atoms with Gasteiger partial charge in [0.2, 0.25) is 0 Å². The smallest absolute Gasteiger partial charge is 0.338 e. The van der Waals surface area contributed by atoms with Crippen LogP contribution in [0.4, 0.5) is 5.69 Å². The average molecular weight is 520 g/mol. The quantitative estimate of drug-likeness (QED) is 0.200. The number of thioether (sulfide) groups is 1. The van der Waals surface area contributed by atoms with Crippen LogP contribution in [0.2, 0.25) is 0 Å². The average Bonchev–Trinajstić information content (AvgIpc) is 3.16. The minimum Gasteiger partial charge on any atom is -0.493 e. The molecule has 36 heavy (non-hydrogen) atoms. The molecular weight excluding hydrogens is 494 g/mol. The van der Waals surface area contributed by atoms with Gasteiger partial charge in [-0.15, -0.1) is 0 Å².